The smallest absolute Gasteiger partial charge is 0.289 e. The summed E-state index contributed by atoms with van der Waals surface area (Å²) in [5, 5.41) is 17.8. The first-order valence-electron chi connectivity index (χ1n) is 10.4. The molecule has 1 aromatic carbocycles. The lowest BCUT2D eigenvalue weighted by molar-refractivity contribution is 0.0454. The van der Waals surface area contributed by atoms with Crippen molar-refractivity contribution in [3.05, 3.63) is 59.8 Å². The second kappa shape index (κ2) is 9.22. The lowest BCUT2D eigenvalue weighted by Gasteiger charge is -2.30. The van der Waals surface area contributed by atoms with Crippen molar-refractivity contribution in [3.8, 4) is 11.5 Å². The number of carbonyl (C=O) groups is 1. The number of ether oxygens (including phenoxy) is 2. The Morgan fingerprint density at radius 1 is 1.26 bits per heavy atom. The fourth-order valence-electron chi connectivity index (χ4n) is 3.40. The number of amides is 1. The standard InChI is InChI=1S/C22H26N4O5/c1-3-18(27)17-13-26(24-23-17)12-15-9-10-21(30-15)22(28)25(4-2)11-16-14-29-19-7-5-6-8-20(19)31-16/h5-10,13,16,18,27H,3-4,11-12,14H2,1-2H3. The molecule has 2 unspecified atom stereocenters. The maximum atomic E-state index is 13.0. The minimum absolute atomic E-state index is 0.211. The van der Waals surface area contributed by atoms with E-state index >= 15 is 0 Å². The highest BCUT2D eigenvalue weighted by atomic mass is 16.6. The zero-order chi connectivity index (χ0) is 21.8. The van der Waals surface area contributed by atoms with E-state index in [4.69, 9.17) is 13.9 Å². The fourth-order valence-corrected chi connectivity index (χ4v) is 3.40. The number of para-hydroxylation sites is 2. The highest BCUT2D eigenvalue weighted by Crippen LogP contribution is 2.31. The van der Waals surface area contributed by atoms with Gasteiger partial charge in [0, 0.05) is 6.54 Å². The van der Waals surface area contributed by atoms with Gasteiger partial charge in [-0.05, 0) is 37.6 Å². The van der Waals surface area contributed by atoms with Crippen LogP contribution in [0.1, 0.15) is 48.4 Å². The van der Waals surface area contributed by atoms with Gasteiger partial charge in [0.25, 0.3) is 5.91 Å². The number of likely N-dealkylation sites (N-methyl/N-ethyl adjacent to an activating group) is 1. The van der Waals surface area contributed by atoms with Crippen molar-refractivity contribution in [2.45, 2.75) is 39.0 Å². The van der Waals surface area contributed by atoms with Crippen LogP contribution in [0.2, 0.25) is 0 Å². The van der Waals surface area contributed by atoms with E-state index in [-0.39, 0.29) is 17.8 Å². The SMILES string of the molecule is CCC(O)c1cn(Cc2ccc(C(=O)N(CC)CC3COc4ccccc4O3)o2)nn1. The summed E-state index contributed by atoms with van der Waals surface area (Å²) in [6, 6.07) is 10.9. The van der Waals surface area contributed by atoms with Gasteiger partial charge in [-0.3, -0.25) is 4.79 Å². The van der Waals surface area contributed by atoms with E-state index in [9.17, 15) is 9.90 Å². The third-order valence-corrected chi connectivity index (χ3v) is 5.14. The fraction of sp³-hybridized carbons (Fsp3) is 0.409. The first-order chi connectivity index (χ1) is 15.1. The van der Waals surface area contributed by atoms with E-state index in [0.717, 1.165) is 0 Å². The number of furan rings is 1. The number of aromatic nitrogens is 3. The lowest BCUT2D eigenvalue weighted by Crippen LogP contribution is -2.43. The molecular weight excluding hydrogens is 400 g/mol. The molecule has 1 amide bonds. The molecule has 3 heterocycles. The van der Waals surface area contributed by atoms with Gasteiger partial charge >= 0.3 is 0 Å². The quantitative estimate of drug-likeness (QED) is 0.591. The van der Waals surface area contributed by atoms with Gasteiger partial charge in [-0.15, -0.1) is 5.10 Å². The van der Waals surface area contributed by atoms with Gasteiger partial charge in [-0.1, -0.05) is 24.3 Å². The van der Waals surface area contributed by atoms with Gasteiger partial charge in [0.05, 0.1) is 18.8 Å². The molecule has 1 aliphatic heterocycles. The number of carbonyl (C=O) groups excluding carboxylic acids is 1. The zero-order valence-electron chi connectivity index (χ0n) is 17.6. The Labute approximate surface area is 180 Å². The average molecular weight is 426 g/mol. The van der Waals surface area contributed by atoms with E-state index in [1.54, 1.807) is 27.9 Å². The van der Waals surface area contributed by atoms with Crippen LogP contribution in [0.5, 0.6) is 11.5 Å². The molecule has 2 atom stereocenters. The number of hydrogen-bond acceptors (Lipinski definition) is 7. The van der Waals surface area contributed by atoms with Crippen LogP contribution in [-0.2, 0) is 6.54 Å². The molecule has 0 fully saturated rings. The van der Waals surface area contributed by atoms with Gasteiger partial charge in [0.15, 0.2) is 23.4 Å². The minimum Gasteiger partial charge on any atom is -0.486 e. The Morgan fingerprint density at radius 2 is 2.06 bits per heavy atom. The summed E-state index contributed by atoms with van der Waals surface area (Å²) in [6.07, 6.45) is 1.34. The largest absolute Gasteiger partial charge is 0.486 e. The van der Waals surface area contributed by atoms with Crippen LogP contribution >= 0.6 is 0 Å². The minimum atomic E-state index is -0.640. The average Bonchev–Trinajstić information content (AvgIpc) is 3.46. The zero-order valence-corrected chi connectivity index (χ0v) is 17.6. The molecule has 3 aromatic rings. The van der Waals surface area contributed by atoms with Crippen molar-refractivity contribution in [3.63, 3.8) is 0 Å². The number of aliphatic hydroxyl groups is 1. The Hall–Kier alpha value is -3.33. The first-order valence-corrected chi connectivity index (χ1v) is 10.4. The van der Waals surface area contributed by atoms with Gasteiger partial charge < -0.3 is 23.9 Å². The van der Waals surface area contributed by atoms with Gasteiger partial charge in [0.2, 0.25) is 0 Å². The monoisotopic (exact) mass is 426 g/mol. The van der Waals surface area contributed by atoms with Gasteiger partial charge in [-0.2, -0.15) is 0 Å². The normalized spacial score (nSPS) is 16.2. The molecule has 0 saturated heterocycles. The van der Waals surface area contributed by atoms with Crippen molar-refractivity contribution < 1.29 is 23.8 Å². The predicted octanol–water partition coefficient (Wildman–Crippen LogP) is 2.66. The maximum absolute atomic E-state index is 13.0. The van der Waals surface area contributed by atoms with Gasteiger partial charge in [-0.25, -0.2) is 4.68 Å². The van der Waals surface area contributed by atoms with Gasteiger partial charge in [0.1, 0.15) is 24.6 Å². The number of nitrogens with zero attached hydrogens (tertiary/aromatic N) is 4. The molecule has 1 N–H and O–H groups in total. The predicted molar refractivity (Wildman–Crippen MR) is 111 cm³/mol. The van der Waals surface area contributed by atoms with Crippen molar-refractivity contribution in [2.75, 3.05) is 19.7 Å². The molecule has 2 aromatic heterocycles. The van der Waals surface area contributed by atoms with E-state index in [1.807, 2.05) is 38.1 Å². The van der Waals surface area contributed by atoms with E-state index in [2.05, 4.69) is 10.3 Å². The number of rotatable bonds is 8. The molecule has 0 radical (unpaired) electrons. The molecular formula is C22H26N4O5. The van der Waals surface area contributed by atoms with E-state index in [1.165, 1.54) is 0 Å². The molecule has 31 heavy (non-hydrogen) atoms. The van der Waals surface area contributed by atoms with Crippen LogP contribution < -0.4 is 9.47 Å². The van der Waals surface area contributed by atoms with Crippen LogP contribution in [0.15, 0.2) is 47.0 Å². The van der Waals surface area contributed by atoms with Crippen molar-refractivity contribution >= 4 is 5.91 Å². The molecule has 9 nitrogen and oxygen atoms in total. The molecule has 0 spiro atoms. The number of hydrogen-bond donors (Lipinski definition) is 1. The highest BCUT2D eigenvalue weighted by molar-refractivity contribution is 5.91. The summed E-state index contributed by atoms with van der Waals surface area (Å²) in [5.41, 5.74) is 0.513. The number of benzene rings is 1. The highest BCUT2D eigenvalue weighted by Gasteiger charge is 2.26. The molecule has 1 aliphatic rings. The van der Waals surface area contributed by atoms with Crippen LogP contribution in [0.25, 0.3) is 0 Å². The Morgan fingerprint density at radius 3 is 2.84 bits per heavy atom. The molecule has 9 heteroatoms. The van der Waals surface area contributed by atoms with E-state index in [0.29, 0.717) is 55.6 Å². The summed E-state index contributed by atoms with van der Waals surface area (Å²) in [7, 11) is 0. The Kier molecular flexibility index (Phi) is 6.22. The van der Waals surface area contributed by atoms with Crippen LogP contribution in [0, 0.1) is 0 Å². The second-order valence-corrected chi connectivity index (χ2v) is 7.37. The molecule has 164 valence electrons. The first kappa shape index (κ1) is 20.9. The summed E-state index contributed by atoms with van der Waals surface area (Å²) in [4.78, 5) is 14.6. The lowest BCUT2D eigenvalue weighted by atomic mass is 10.2. The summed E-state index contributed by atoms with van der Waals surface area (Å²) >= 11 is 0. The van der Waals surface area contributed by atoms with Crippen LogP contribution in [-0.4, -0.2) is 56.7 Å². The molecule has 4 rings (SSSR count). The molecule has 0 bridgehead atoms. The van der Waals surface area contributed by atoms with Crippen LogP contribution in [0.3, 0.4) is 0 Å². The molecule has 0 saturated carbocycles. The third kappa shape index (κ3) is 4.72. The summed E-state index contributed by atoms with van der Waals surface area (Å²) in [5.74, 6) is 2.02. The number of aliphatic hydroxyl groups excluding tert-OH is 1. The van der Waals surface area contributed by atoms with Crippen LogP contribution in [0.4, 0.5) is 0 Å². The Bertz CT molecular complexity index is 1030. The molecule has 0 aliphatic carbocycles. The number of fused-ring (bicyclic) bond motifs is 1. The third-order valence-electron chi connectivity index (χ3n) is 5.14. The summed E-state index contributed by atoms with van der Waals surface area (Å²) < 4.78 is 19.1. The van der Waals surface area contributed by atoms with Crippen molar-refractivity contribution in [1.29, 1.82) is 0 Å². The second-order valence-electron chi connectivity index (χ2n) is 7.37. The Balaban J connectivity index is 1.38. The van der Waals surface area contributed by atoms with E-state index < -0.39 is 6.10 Å². The maximum Gasteiger partial charge on any atom is 0.289 e. The summed E-state index contributed by atoms with van der Waals surface area (Å²) in [6.45, 7) is 5.38. The van der Waals surface area contributed by atoms with Crippen molar-refractivity contribution in [2.24, 2.45) is 0 Å². The van der Waals surface area contributed by atoms with Crippen molar-refractivity contribution in [1.82, 2.24) is 19.9 Å². The topological polar surface area (TPSA) is 103 Å².